The zero-order valence-electron chi connectivity index (χ0n) is 13.9. The molecule has 0 amide bonds. The molecule has 1 heterocycles. The van der Waals surface area contributed by atoms with Gasteiger partial charge < -0.3 is 0 Å². The highest BCUT2D eigenvalue weighted by Crippen LogP contribution is 2.51. The minimum absolute atomic E-state index is 0.0421. The molecular weight excluding hydrogens is 440 g/mol. The highest BCUT2D eigenvalue weighted by molar-refractivity contribution is 7.90. The number of hydrogen-bond acceptors (Lipinski definition) is 4. The third kappa shape index (κ3) is 3.50. The first-order valence-electron chi connectivity index (χ1n) is 7.72. The summed E-state index contributed by atoms with van der Waals surface area (Å²) in [6, 6.07) is 8.48. The van der Waals surface area contributed by atoms with Gasteiger partial charge in [-0.25, -0.2) is 8.42 Å². The minimum Gasteiger partial charge on any atom is -0.281 e. The lowest BCUT2D eigenvalue weighted by Crippen LogP contribution is -2.63. The van der Waals surface area contributed by atoms with Crippen molar-refractivity contribution in [1.82, 2.24) is 4.31 Å². The Hall–Kier alpha value is -1.38. The van der Waals surface area contributed by atoms with Crippen LogP contribution in [0.4, 0.5) is 26.3 Å². The van der Waals surface area contributed by atoms with E-state index in [2.05, 4.69) is 0 Å². The van der Waals surface area contributed by atoms with Crippen LogP contribution in [0.15, 0.2) is 30.3 Å². The quantitative estimate of drug-likeness (QED) is 0.526. The second kappa shape index (κ2) is 7.15. The molecule has 1 aromatic rings. The van der Waals surface area contributed by atoms with E-state index in [0.717, 1.165) is 5.56 Å². The van der Waals surface area contributed by atoms with Gasteiger partial charge in [-0.05, 0) is 24.3 Å². The van der Waals surface area contributed by atoms with Crippen molar-refractivity contribution in [2.24, 2.45) is 0 Å². The SMILES string of the molecule is O=S(=O)(O)C(F)(F)C(F)(F)C(F)(F)S(=O)(=O)N1CCC(c2ccccc2)CC1. The van der Waals surface area contributed by atoms with Crippen molar-refractivity contribution >= 4 is 20.1 Å². The molecule has 14 heteroatoms. The van der Waals surface area contributed by atoms with Crippen LogP contribution in [0.2, 0.25) is 0 Å². The van der Waals surface area contributed by atoms with Crippen LogP contribution in [0.25, 0.3) is 0 Å². The number of rotatable bonds is 6. The monoisotopic (exact) mass is 455 g/mol. The lowest BCUT2D eigenvalue weighted by Gasteiger charge is -2.36. The third-order valence-corrected chi connectivity index (χ3v) is 7.30. The van der Waals surface area contributed by atoms with Crippen LogP contribution in [0.1, 0.15) is 24.3 Å². The van der Waals surface area contributed by atoms with E-state index in [4.69, 9.17) is 4.55 Å². The minimum atomic E-state index is -7.03. The van der Waals surface area contributed by atoms with Gasteiger partial charge in [0.15, 0.2) is 0 Å². The van der Waals surface area contributed by atoms with Crippen LogP contribution >= 0.6 is 0 Å². The zero-order chi connectivity index (χ0) is 21.6. The number of sulfonamides is 1. The van der Waals surface area contributed by atoms with Crippen molar-refractivity contribution in [2.75, 3.05) is 13.1 Å². The Morgan fingerprint density at radius 1 is 0.857 bits per heavy atom. The molecule has 28 heavy (non-hydrogen) atoms. The van der Waals surface area contributed by atoms with Gasteiger partial charge in [0.05, 0.1) is 0 Å². The van der Waals surface area contributed by atoms with Crippen LogP contribution < -0.4 is 0 Å². The van der Waals surface area contributed by atoms with Crippen LogP contribution in [-0.2, 0) is 20.1 Å². The summed E-state index contributed by atoms with van der Waals surface area (Å²) < 4.78 is 135. The number of alkyl halides is 6. The fourth-order valence-electron chi connectivity index (χ4n) is 2.81. The second-order valence-corrected chi connectivity index (χ2v) is 9.61. The third-order valence-electron chi connectivity index (χ3n) is 4.44. The van der Waals surface area contributed by atoms with Gasteiger partial charge >= 0.3 is 26.5 Å². The molecule has 0 unspecified atom stereocenters. The van der Waals surface area contributed by atoms with Crippen molar-refractivity contribution in [3.63, 3.8) is 0 Å². The Balaban J connectivity index is 2.29. The van der Waals surface area contributed by atoms with Crippen molar-refractivity contribution in [3.05, 3.63) is 35.9 Å². The molecule has 1 fully saturated rings. The standard InChI is InChI=1S/C14H15F6NO5S2/c15-12(16,14(19,20)28(24,25)26)13(17,18)27(22,23)21-8-6-11(7-9-21)10-4-2-1-3-5-10/h1-5,11H,6-9H2,(H,24,25,26). The molecule has 1 aliphatic heterocycles. The summed E-state index contributed by atoms with van der Waals surface area (Å²) >= 11 is 0. The maximum atomic E-state index is 14.0. The van der Waals surface area contributed by atoms with E-state index in [1.807, 2.05) is 0 Å². The van der Waals surface area contributed by atoms with Gasteiger partial charge in [-0.1, -0.05) is 30.3 Å². The average Bonchev–Trinajstić information content (AvgIpc) is 2.61. The highest BCUT2D eigenvalue weighted by atomic mass is 32.2. The van der Waals surface area contributed by atoms with Gasteiger partial charge in [-0.3, -0.25) is 4.55 Å². The fraction of sp³-hybridized carbons (Fsp3) is 0.571. The molecule has 0 atom stereocenters. The van der Waals surface area contributed by atoms with Gasteiger partial charge in [-0.15, -0.1) is 0 Å². The Morgan fingerprint density at radius 3 is 1.75 bits per heavy atom. The summed E-state index contributed by atoms with van der Waals surface area (Å²) in [5.41, 5.74) is 0.759. The Bertz CT molecular complexity index is 913. The molecule has 1 aliphatic rings. The lowest BCUT2D eigenvalue weighted by molar-refractivity contribution is -0.246. The molecule has 160 valence electrons. The van der Waals surface area contributed by atoms with E-state index in [9.17, 15) is 43.2 Å². The van der Waals surface area contributed by atoms with Crippen molar-refractivity contribution < 1.29 is 47.7 Å². The molecule has 0 radical (unpaired) electrons. The normalized spacial score (nSPS) is 19.0. The van der Waals surface area contributed by atoms with Crippen LogP contribution in [-0.4, -0.2) is 55.2 Å². The fourth-order valence-corrected chi connectivity index (χ4v) is 4.79. The summed E-state index contributed by atoms with van der Waals surface area (Å²) in [6.07, 6.45) is -0.0842. The van der Waals surface area contributed by atoms with Gasteiger partial charge in [0, 0.05) is 13.1 Å². The smallest absolute Gasteiger partial charge is 0.281 e. The van der Waals surface area contributed by atoms with Gasteiger partial charge in [-0.2, -0.15) is 39.1 Å². The average molecular weight is 455 g/mol. The summed E-state index contributed by atoms with van der Waals surface area (Å²) in [7, 11) is -13.4. The topological polar surface area (TPSA) is 91.7 Å². The second-order valence-electron chi connectivity index (χ2n) is 6.17. The lowest BCUT2D eigenvalue weighted by atomic mass is 9.90. The van der Waals surface area contributed by atoms with E-state index in [1.54, 1.807) is 30.3 Å². The number of hydrogen-bond donors (Lipinski definition) is 1. The van der Waals surface area contributed by atoms with E-state index in [0.29, 0.717) is 0 Å². The molecule has 0 spiro atoms. The predicted octanol–water partition coefficient (Wildman–Crippen LogP) is 2.90. The van der Waals surface area contributed by atoms with Crippen molar-refractivity contribution in [1.29, 1.82) is 0 Å². The van der Waals surface area contributed by atoms with E-state index in [-0.39, 0.29) is 23.1 Å². The van der Waals surface area contributed by atoms with Gasteiger partial charge in [0.2, 0.25) is 0 Å². The first kappa shape index (κ1) is 22.9. The molecule has 6 nitrogen and oxygen atoms in total. The van der Waals surface area contributed by atoms with Gasteiger partial charge in [0.25, 0.3) is 10.0 Å². The number of halogens is 6. The molecule has 0 bridgehead atoms. The Kier molecular flexibility index (Phi) is 5.84. The maximum Gasteiger partial charge on any atom is 0.439 e. The molecule has 0 aromatic heterocycles. The summed E-state index contributed by atoms with van der Waals surface area (Å²) in [5.74, 6) is -7.18. The highest BCUT2D eigenvalue weighted by Gasteiger charge is 2.82. The summed E-state index contributed by atoms with van der Waals surface area (Å²) in [5, 5.41) is -13.2. The van der Waals surface area contributed by atoms with E-state index < -0.39 is 49.7 Å². The summed E-state index contributed by atoms with van der Waals surface area (Å²) in [6.45, 7) is -1.32. The molecular formula is C14H15F6NO5S2. The number of piperidine rings is 1. The molecule has 1 aromatic carbocycles. The Morgan fingerprint density at radius 2 is 1.32 bits per heavy atom. The molecule has 1 N–H and O–H groups in total. The molecule has 1 saturated heterocycles. The van der Waals surface area contributed by atoms with E-state index in [1.165, 1.54) is 0 Å². The maximum absolute atomic E-state index is 14.0. The Labute approximate surface area is 156 Å². The number of nitrogens with zero attached hydrogens (tertiary/aromatic N) is 1. The predicted molar refractivity (Wildman–Crippen MR) is 85.3 cm³/mol. The van der Waals surface area contributed by atoms with Gasteiger partial charge in [0.1, 0.15) is 0 Å². The zero-order valence-corrected chi connectivity index (χ0v) is 15.5. The van der Waals surface area contributed by atoms with Crippen LogP contribution in [0, 0.1) is 0 Å². The number of benzene rings is 1. The summed E-state index contributed by atoms with van der Waals surface area (Å²) in [4.78, 5) is 0. The molecule has 2 rings (SSSR count). The molecule has 0 aliphatic carbocycles. The largest absolute Gasteiger partial charge is 0.439 e. The first-order chi connectivity index (χ1) is 12.6. The van der Waals surface area contributed by atoms with Crippen molar-refractivity contribution in [2.45, 2.75) is 35.2 Å². The molecule has 0 saturated carbocycles. The van der Waals surface area contributed by atoms with Crippen LogP contribution in [0.5, 0.6) is 0 Å². The first-order valence-corrected chi connectivity index (χ1v) is 10.6. The van der Waals surface area contributed by atoms with Crippen LogP contribution in [0.3, 0.4) is 0 Å². The van der Waals surface area contributed by atoms with Crippen molar-refractivity contribution in [3.8, 4) is 0 Å². The van der Waals surface area contributed by atoms with E-state index >= 15 is 0 Å².